The van der Waals surface area contributed by atoms with E-state index in [0.717, 1.165) is 23.4 Å². The van der Waals surface area contributed by atoms with E-state index in [-0.39, 0.29) is 17.9 Å². The van der Waals surface area contributed by atoms with E-state index in [9.17, 15) is 4.79 Å². The summed E-state index contributed by atoms with van der Waals surface area (Å²) in [7, 11) is 0. The van der Waals surface area contributed by atoms with Crippen LogP contribution >= 0.6 is 11.3 Å². The number of carbonyl (C=O) groups is 1. The monoisotopic (exact) mass is 280 g/mol. The van der Waals surface area contributed by atoms with Crippen molar-refractivity contribution in [1.82, 2.24) is 4.98 Å². The first-order valence-corrected chi connectivity index (χ1v) is 7.21. The van der Waals surface area contributed by atoms with Gasteiger partial charge in [0.2, 0.25) is 5.91 Å². The summed E-state index contributed by atoms with van der Waals surface area (Å²) in [6.45, 7) is 5.62. The third-order valence-electron chi connectivity index (χ3n) is 3.43. The zero-order valence-corrected chi connectivity index (χ0v) is 11.4. The lowest BCUT2D eigenvalue weighted by atomic mass is 10.0. The number of carbonyl (C=O) groups excluding carboxylic acids is 1. The molecule has 1 N–H and O–H groups in total. The van der Waals surface area contributed by atoms with Gasteiger partial charge in [-0.3, -0.25) is 4.79 Å². The lowest BCUT2D eigenvalue weighted by molar-refractivity contribution is -0.120. The topological polar surface area (TPSA) is 60.5 Å². The Kier molecular flexibility index (Phi) is 3.63. The predicted molar refractivity (Wildman–Crippen MR) is 72.1 cm³/mol. The molecule has 0 spiro atoms. The molecule has 0 saturated carbocycles. The minimum Gasteiger partial charge on any atom is -0.375 e. The first-order valence-electron chi connectivity index (χ1n) is 6.39. The van der Waals surface area contributed by atoms with Crippen molar-refractivity contribution < 1.29 is 14.3 Å². The van der Waals surface area contributed by atoms with E-state index in [4.69, 9.17) is 9.47 Å². The molecule has 2 aliphatic rings. The molecule has 1 amide bonds. The van der Waals surface area contributed by atoms with Crippen molar-refractivity contribution in [3.05, 3.63) is 23.2 Å². The number of hydrogen-bond acceptors (Lipinski definition) is 5. The Balaban J connectivity index is 1.69. The summed E-state index contributed by atoms with van der Waals surface area (Å²) in [5, 5.41) is 3.55. The van der Waals surface area contributed by atoms with Gasteiger partial charge >= 0.3 is 0 Å². The normalized spacial score (nSPS) is 25.9. The van der Waals surface area contributed by atoms with Crippen molar-refractivity contribution >= 4 is 22.4 Å². The summed E-state index contributed by atoms with van der Waals surface area (Å²) < 4.78 is 10.8. The van der Waals surface area contributed by atoms with Crippen LogP contribution in [0.5, 0.6) is 0 Å². The summed E-state index contributed by atoms with van der Waals surface area (Å²) in [4.78, 5) is 17.8. The second-order valence-electron chi connectivity index (χ2n) is 4.65. The second kappa shape index (κ2) is 5.40. The van der Waals surface area contributed by atoms with Crippen LogP contribution in [0.4, 0.5) is 5.13 Å². The van der Waals surface area contributed by atoms with Gasteiger partial charge in [-0.15, -0.1) is 6.58 Å². The van der Waals surface area contributed by atoms with Crippen molar-refractivity contribution in [1.29, 1.82) is 0 Å². The zero-order chi connectivity index (χ0) is 13.2. The fourth-order valence-corrected chi connectivity index (χ4v) is 3.35. The SMILES string of the molecule is C=C[C@@H]1OCC[C@H]1C(=O)Nc1nc2c(s1)COCC2. The molecule has 3 rings (SSSR count). The molecule has 0 aromatic carbocycles. The van der Waals surface area contributed by atoms with Crippen molar-refractivity contribution in [2.45, 2.75) is 25.6 Å². The van der Waals surface area contributed by atoms with Crippen LogP contribution in [-0.2, 0) is 27.3 Å². The lowest BCUT2D eigenvalue weighted by Gasteiger charge is -2.13. The number of fused-ring (bicyclic) bond motifs is 1. The van der Waals surface area contributed by atoms with Crippen molar-refractivity contribution in [2.75, 3.05) is 18.5 Å². The molecule has 1 aromatic rings. The zero-order valence-electron chi connectivity index (χ0n) is 10.6. The average molecular weight is 280 g/mol. The molecule has 2 atom stereocenters. The number of aromatic nitrogens is 1. The van der Waals surface area contributed by atoms with Gasteiger partial charge in [-0.05, 0) is 6.42 Å². The third-order valence-corrected chi connectivity index (χ3v) is 4.42. The summed E-state index contributed by atoms with van der Waals surface area (Å²) in [6, 6.07) is 0. The maximum absolute atomic E-state index is 12.2. The Bertz CT molecular complexity index is 477. The molecule has 0 bridgehead atoms. The molecule has 5 nitrogen and oxygen atoms in total. The molecular weight excluding hydrogens is 264 g/mol. The highest BCUT2D eigenvalue weighted by molar-refractivity contribution is 7.15. The van der Waals surface area contributed by atoms with E-state index in [1.54, 1.807) is 6.08 Å². The highest BCUT2D eigenvalue weighted by atomic mass is 32.1. The Labute approximate surface area is 115 Å². The lowest BCUT2D eigenvalue weighted by Crippen LogP contribution is -2.28. The van der Waals surface area contributed by atoms with Crippen LogP contribution in [0, 0.1) is 5.92 Å². The summed E-state index contributed by atoms with van der Waals surface area (Å²) >= 11 is 1.50. The maximum Gasteiger partial charge on any atom is 0.232 e. The van der Waals surface area contributed by atoms with Crippen molar-refractivity contribution in [3.8, 4) is 0 Å². The molecule has 1 aromatic heterocycles. The van der Waals surface area contributed by atoms with Gasteiger partial charge in [-0.25, -0.2) is 4.98 Å². The Morgan fingerprint density at radius 3 is 3.21 bits per heavy atom. The first-order chi connectivity index (χ1) is 9.28. The van der Waals surface area contributed by atoms with E-state index in [1.807, 2.05) is 0 Å². The molecule has 0 aliphatic carbocycles. The van der Waals surface area contributed by atoms with Crippen LogP contribution in [0.15, 0.2) is 12.7 Å². The highest BCUT2D eigenvalue weighted by Gasteiger charge is 2.32. The molecule has 1 fully saturated rings. The van der Waals surface area contributed by atoms with Gasteiger partial charge in [0.05, 0.1) is 35.8 Å². The molecule has 2 aliphatic heterocycles. The van der Waals surface area contributed by atoms with Crippen molar-refractivity contribution in [3.63, 3.8) is 0 Å². The van der Waals surface area contributed by atoms with Crippen LogP contribution in [0.25, 0.3) is 0 Å². The van der Waals surface area contributed by atoms with E-state index >= 15 is 0 Å². The number of nitrogens with one attached hydrogen (secondary N) is 1. The predicted octanol–water partition coefficient (Wildman–Crippen LogP) is 1.75. The van der Waals surface area contributed by atoms with Gasteiger partial charge in [0, 0.05) is 13.0 Å². The van der Waals surface area contributed by atoms with Gasteiger partial charge in [-0.2, -0.15) is 0 Å². The molecular formula is C13H16N2O3S. The number of nitrogens with zero attached hydrogens (tertiary/aromatic N) is 1. The molecule has 102 valence electrons. The number of ether oxygens (including phenoxy) is 2. The smallest absolute Gasteiger partial charge is 0.232 e. The highest BCUT2D eigenvalue weighted by Crippen LogP contribution is 2.29. The second-order valence-corrected chi connectivity index (χ2v) is 5.73. The van der Waals surface area contributed by atoms with Crippen LogP contribution in [0.2, 0.25) is 0 Å². The largest absolute Gasteiger partial charge is 0.375 e. The Hall–Kier alpha value is -1.24. The van der Waals surface area contributed by atoms with Gasteiger partial charge in [0.15, 0.2) is 5.13 Å². The van der Waals surface area contributed by atoms with E-state index < -0.39 is 0 Å². The van der Waals surface area contributed by atoms with E-state index in [1.165, 1.54) is 11.3 Å². The standard InChI is InChI=1S/C13H16N2O3S/c1-2-10-8(3-6-18-10)12(16)15-13-14-9-4-5-17-7-11(9)19-13/h2,8,10H,1,3-7H2,(H,14,15,16)/t8-,10+/m1/s1. The average Bonchev–Trinajstić information content (AvgIpc) is 3.03. The Morgan fingerprint density at radius 2 is 2.42 bits per heavy atom. The molecule has 6 heteroatoms. The Morgan fingerprint density at radius 1 is 1.53 bits per heavy atom. The fourth-order valence-electron chi connectivity index (χ4n) is 2.40. The van der Waals surface area contributed by atoms with Crippen LogP contribution in [-0.4, -0.2) is 30.2 Å². The summed E-state index contributed by atoms with van der Waals surface area (Å²) in [5.41, 5.74) is 1.05. The molecule has 19 heavy (non-hydrogen) atoms. The maximum atomic E-state index is 12.2. The number of amides is 1. The van der Waals surface area contributed by atoms with Crippen LogP contribution in [0.3, 0.4) is 0 Å². The number of hydrogen-bond donors (Lipinski definition) is 1. The minimum atomic E-state index is -0.182. The molecule has 1 saturated heterocycles. The van der Waals surface area contributed by atoms with Crippen LogP contribution in [0.1, 0.15) is 17.0 Å². The number of anilines is 1. The number of thiazole rings is 1. The van der Waals surface area contributed by atoms with Gasteiger partial charge in [0.25, 0.3) is 0 Å². The molecule has 0 unspecified atom stereocenters. The van der Waals surface area contributed by atoms with Crippen molar-refractivity contribution in [2.24, 2.45) is 5.92 Å². The first kappa shape index (κ1) is 12.8. The van der Waals surface area contributed by atoms with Crippen LogP contribution < -0.4 is 5.32 Å². The minimum absolute atomic E-state index is 0.0329. The fraction of sp³-hybridized carbons (Fsp3) is 0.538. The summed E-state index contributed by atoms with van der Waals surface area (Å²) in [6.07, 6.45) is 3.07. The quantitative estimate of drug-likeness (QED) is 0.857. The third kappa shape index (κ3) is 2.56. The molecule has 3 heterocycles. The number of rotatable bonds is 3. The van der Waals surface area contributed by atoms with Gasteiger partial charge in [-0.1, -0.05) is 17.4 Å². The van der Waals surface area contributed by atoms with Gasteiger partial charge in [0.1, 0.15) is 0 Å². The van der Waals surface area contributed by atoms with E-state index in [2.05, 4.69) is 16.9 Å². The molecule has 0 radical (unpaired) electrons. The summed E-state index contributed by atoms with van der Waals surface area (Å²) in [5.74, 6) is -0.191. The van der Waals surface area contributed by atoms with E-state index in [0.29, 0.717) is 25.0 Å². The van der Waals surface area contributed by atoms with Gasteiger partial charge < -0.3 is 14.8 Å².